The molecule has 8 heteroatoms. The van der Waals surface area contributed by atoms with E-state index in [1.165, 1.54) is 4.90 Å². The largest absolute Gasteiger partial charge is 0.466 e. The third-order valence-electron chi connectivity index (χ3n) is 6.59. The molecule has 2 amide bonds. The van der Waals surface area contributed by atoms with Crippen LogP contribution in [0.3, 0.4) is 0 Å². The maximum absolute atomic E-state index is 13.5. The van der Waals surface area contributed by atoms with Gasteiger partial charge in [0.05, 0.1) is 35.8 Å². The van der Waals surface area contributed by atoms with Gasteiger partial charge in [0.2, 0.25) is 11.8 Å². The van der Waals surface area contributed by atoms with Crippen LogP contribution in [0.4, 0.5) is 0 Å². The number of fused-ring (bicyclic) bond motifs is 1. The van der Waals surface area contributed by atoms with E-state index < -0.39 is 28.7 Å². The fraction of sp³-hybridized carbons (Fsp3) is 0.591. The van der Waals surface area contributed by atoms with Crippen molar-refractivity contribution in [2.45, 2.75) is 55.3 Å². The number of esters is 1. The summed E-state index contributed by atoms with van der Waals surface area (Å²) in [4.78, 5) is 41.1. The number of ether oxygens (including phenoxy) is 1. The molecule has 1 aromatic rings. The molecule has 0 radical (unpaired) electrons. The van der Waals surface area contributed by atoms with Crippen LogP contribution >= 0.6 is 11.8 Å². The number of hydrogen-bond acceptors (Lipinski definition) is 6. The number of nitrogens with zero attached hydrogens (tertiary/aromatic N) is 1. The summed E-state index contributed by atoms with van der Waals surface area (Å²) in [7, 11) is 0. The quantitative estimate of drug-likeness (QED) is 0.632. The first-order valence-electron chi connectivity index (χ1n) is 10.5. The third kappa shape index (κ3) is 3.21. The fourth-order valence-electron chi connectivity index (χ4n) is 5.34. The van der Waals surface area contributed by atoms with E-state index in [0.29, 0.717) is 13.0 Å². The van der Waals surface area contributed by atoms with Crippen LogP contribution in [0.1, 0.15) is 32.3 Å². The Kier molecular flexibility index (Phi) is 5.81. The molecule has 2 bridgehead atoms. The zero-order chi connectivity index (χ0) is 21.5. The minimum atomic E-state index is -0.713. The summed E-state index contributed by atoms with van der Waals surface area (Å²) in [5, 5.41) is 12.8. The van der Waals surface area contributed by atoms with Gasteiger partial charge < -0.3 is 20.1 Å². The lowest BCUT2D eigenvalue weighted by atomic mass is 9.71. The van der Waals surface area contributed by atoms with Crippen LogP contribution < -0.4 is 5.32 Å². The van der Waals surface area contributed by atoms with Gasteiger partial charge in [-0.15, -0.1) is 11.8 Å². The molecule has 3 fully saturated rings. The zero-order valence-corrected chi connectivity index (χ0v) is 18.1. The summed E-state index contributed by atoms with van der Waals surface area (Å²) in [6.07, 6.45) is 1.48. The second-order valence-corrected chi connectivity index (χ2v) is 9.89. The average Bonchev–Trinajstić information content (AvgIpc) is 3.39. The van der Waals surface area contributed by atoms with Gasteiger partial charge in [0.1, 0.15) is 6.04 Å². The molecule has 0 aliphatic carbocycles. The van der Waals surface area contributed by atoms with Gasteiger partial charge in [0.25, 0.3) is 0 Å². The summed E-state index contributed by atoms with van der Waals surface area (Å²) < 4.78 is 4.63. The number of likely N-dealkylation sites (tertiary alicyclic amines) is 1. The summed E-state index contributed by atoms with van der Waals surface area (Å²) >= 11 is 1.60. The Labute approximate surface area is 180 Å². The monoisotopic (exact) mass is 432 g/mol. The SMILES string of the molecule is CCOC(=O)[C@@H]1[C@H]2C(=O)N([C@H](C)CO)C(C(=O)NCc3ccccc3)C23CC[C@H]1S3. The molecule has 6 atom stereocenters. The van der Waals surface area contributed by atoms with Crippen LogP contribution in [0.2, 0.25) is 0 Å². The van der Waals surface area contributed by atoms with E-state index in [4.69, 9.17) is 4.74 Å². The van der Waals surface area contributed by atoms with Gasteiger partial charge in [-0.1, -0.05) is 30.3 Å². The number of nitrogens with one attached hydrogen (secondary N) is 1. The Hall–Kier alpha value is -2.06. The molecule has 30 heavy (non-hydrogen) atoms. The van der Waals surface area contributed by atoms with Gasteiger partial charge in [-0.05, 0) is 32.3 Å². The molecule has 2 N–H and O–H groups in total. The molecule has 0 aromatic heterocycles. The highest BCUT2D eigenvalue weighted by Gasteiger charge is 2.74. The van der Waals surface area contributed by atoms with Gasteiger partial charge >= 0.3 is 5.97 Å². The Bertz CT molecular complexity index is 834. The molecule has 3 aliphatic rings. The van der Waals surface area contributed by atoms with Gasteiger partial charge in [0, 0.05) is 11.8 Å². The lowest BCUT2D eigenvalue weighted by Gasteiger charge is -2.35. The third-order valence-corrected chi connectivity index (χ3v) is 8.55. The number of aliphatic hydroxyl groups excluding tert-OH is 1. The van der Waals surface area contributed by atoms with Crippen molar-refractivity contribution in [2.24, 2.45) is 11.8 Å². The van der Waals surface area contributed by atoms with Gasteiger partial charge in [-0.3, -0.25) is 14.4 Å². The smallest absolute Gasteiger partial charge is 0.310 e. The van der Waals surface area contributed by atoms with E-state index in [1.54, 1.807) is 25.6 Å². The normalized spacial score (nSPS) is 32.8. The summed E-state index contributed by atoms with van der Waals surface area (Å²) in [5.74, 6) is -1.91. The van der Waals surface area contributed by atoms with Gasteiger partial charge in [-0.2, -0.15) is 0 Å². The summed E-state index contributed by atoms with van der Waals surface area (Å²) in [6.45, 7) is 3.88. The molecular formula is C22H28N2O5S. The van der Waals surface area contributed by atoms with Crippen molar-refractivity contribution in [3.05, 3.63) is 35.9 Å². The molecule has 1 aromatic carbocycles. The minimum Gasteiger partial charge on any atom is -0.466 e. The molecule has 4 rings (SSSR count). The predicted octanol–water partition coefficient (Wildman–Crippen LogP) is 1.34. The maximum atomic E-state index is 13.5. The predicted molar refractivity (Wildman–Crippen MR) is 112 cm³/mol. The molecule has 3 saturated heterocycles. The molecule has 0 saturated carbocycles. The van der Waals surface area contributed by atoms with E-state index in [0.717, 1.165) is 12.0 Å². The number of carbonyl (C=O) groups is 3. The number of aliphatic hydroxyl groups is 1. The highest BCUT2D eigenvalue weighted by molar-refractivity contribution is 8.02. The fourth-order valence-corrected chi connectivity index (χ4v) is 7.53. The summed E-state index contributed by atoms with van der Waals surface area (Å²) in [6, 6.07) is 8.38. The Morgan fingerprint density at radius 2 is 2.10 bits per heavy atom. The highest BCUT2D eigenvalue weighted by Crippen LogP contribution is 2.66. The second kappa shape index (κ2) is 8.23. The number of carbonyl (C=O) groups excluding carboxylic acids is 3. The van der Waals surface area contributed by atoms with Crippen LogP contribution in [0.5, 0.6) is 0 Å². The molecule has 162 valence electrons. The molecule has 3 aliphatic heterocycles. The van der Waals surface area contributed by atoms with Crippen LogP contribution in [-0.2, 0) is 25.7 Å². The van der Waals surface area contributed by atoms with E-state index in [1.807, 2.05) is 30.3 Å². The van der Waals surface area contributed by atoms with Crippen molar-refractivity contribution in [3.8, 4) is 0 Å². The van der Waals surface area contributed by atoms with E-state index >= 15 is 0 Å². The van der Waals surface area contributed by atoms with Gasteiger partial charge in [0.15, 0.2) is 0 Å². The van der Waals surface area contributed by atoms with Crippen molar-refractivity contribution in [1.29, 1.82) is 0 Å². The zero-order valence-electron chi connectivity index (χ0n) is 17.2. The van der Waals surface area contributed by atoms with Crippen LogP contribution in [-0.4, -0.2) is 63.1 Å². The first kappa shape index (κ1) is 21.2. The molecule has 7 nitrogen and oxygen atoms in total. The van der Waals surface area contributed by atoms with Crippen LogP contribution in [0.25, 0.3) is 0 Å². The lowest BCUT2D eigenvalue weighted by Crippen LogP contribution is -2.55. The number of thioether (sulfide) groups is 1. The summed E-state index contributed by atoms with van der Waals surface area (Å²) in [5.41, 5.74) is 0.971. The minimum absolute atomic E-state index is 0.00555. The van der Waals surface area contributed by atoms with E-state index in [2.05, 4.69) is 5.32 Å². The maximum Gasteiger partial charge on any atom is 0.310 e. The number of benzene rings is 1. The molecular weight excluding hydrogens is 404 g/mol. The lowest BCUT2D eigenvalue weighted by molar-refractivity contribution is -0.154. The molecule has 1 spiro atoms. The first-order valence-corrected chi connectivity index (χ1v) is 11.4. The Morgan fingerprint density at radius 3 is 2.77 bits per heavy atom. The standard InChI is InChI=1S/C22H28N2O5S/c1-3-29-21(28)16-15-9-10-22(30-15)17(16)20(27)24(13(2)12-25)18(22)19(26)23-11-14-7-5-4-6-8-14/h4-8,13,15-18,25H,3,9-12H2,1-2H3,(H,23,26)/t13-,15-,16+,17+,18?,22?/m1/s1. The van der Waals surface area contributed by atoms with Crippen LogP contribution in [0, 0.1) is 11.8 Å². The Morgan fingerprint density at radius 1 is 1.37 bits per heavy atom. The number of amides is 2. The number of rotatable bonds is 7. The molecule has 2 unspecified atom stereocenters. The topological polar surface area (TPSA) is 95.9 Å². The number of hydrogen-bond donors (Lipinski definition) is 2. The molecule has 3 heterocycles. The highest BCUT2D eigenvalue weighted by atomic mass is 32.2. The van der Waals surface area contributed by atoms with Crippen LogP contribution in [0.15, 0.2) is 30.3 Å². The second-order valence-electron chi connectivity index (χ2n) is 8.29. The van der Waals surface area contributed by atoms with Crippen molar-refractivity contribution in [1.82, 2.24) is 10.2 Å². The van der Waals surface area contributed by atoms with Crippen molar-refractivity contribution < 1.29 is 24.2 Å². The Balaban J connectivity index is 1.65. The van der Waals surface area contributed by atoms with Gasteiger partial charge in [-0.25, -0.2) is 0 Å². The van der Waals surface area contributed by atoms with E-state index in [-0.39, 0.29) is 36.2 Å². The van der Waals surface area contributed by atoms with Crippen molar-refractivity contribution in [3.63, 3.8) is 0 Å². The van der Waals surface area contributed by atoms with E-state index in [9.17, 15) is 19.5 Å². The first-order chi connectivity index (χ1) is 14.4. The van der Waals surface area contributed by atoms with Crippen molar-refractivity contribution in [2.75, 3.05) is 13.2 Å². The van der Waals surface area contributed by atoms with Crippen molar-refractivity contribution >= 4 is 29.5 Å². The average molecular weight is 433 g/mol.